The zero-order valence-corrected chi connectivity index (χ0v) is 12.0. The van der Waals surface area contributed by atoms with Gasteiger partial charge in [-0.05, 0) is 31.4 Å². The minimum Gasteiger partial charge on any atom is -0.496 e. The Bertz CT molecular complexity index is 394. The van der Waals surface area contributed by atoms with Crippen LogP contribution in [-0.4, -0.2) is 36.8 Å². The van der Waals surface area contributed by atoms with Crippen molar-refractivity contribution >= 4 is 0 Å². The lowest BCUT2D eigenvalue weighted by Crippen LogP contribution is -2.37. The molecule has 2 unspecified atom stereocenters. The fraction of sp³-hybridized carbons (Fsp3) is 0.625. The molecule has 106 valence electrons. The summed E-state index contributed by atoms with van der Waals surface area (Å²) in [5.74, 6) is 1.57. The monoisotopic (exact) mass is 263 g/mol. The van der Waals surface area contributed by atoms with Gasteiger partial charge in [0.1, 0.15) is 5.75 Å². The standard InChI is InChI=1S/C16H25NO2/c1-3-13-7-6-10-17(11-13)12-15(18)14-8-4-5-9-16(14)19-2/h4-5,8-9,13,15,18H,3,6-7,10-12H2,1-2H3. The van der Waals surface area contributed by atoms with Gasteiger partial charge in [0.25, 0.3) is 0 Å². The van der Waals surface area contributed by atoms with Gasteiger partial charge in [-0.15, -0.1) is 0 Å². The molecule has 1 N–H and O–H groups in total. The number of β-amino-alcohol motifs (C(OH)–C–C–N with tert-alkyl or cyclic N) is 1. The van der Waals surface area contributed by atoms with Crippen molar-refractivity contribution in [2.45, 2.75) is 32.3 Å². The van der Waals surface area contributed by atoms with E-state index in [1.165, 1.54) is 19.3 Å². The summed E-state index contributed by atoms with van der Waals surface area (Å²) in [5.41, 5.74) is 0.892. The molecule has 0 bridgehead atoms. The molecule has 0 spiro atoms. The number of piperidine rings is 1. The van der Waals surface area contributed by atoms with Gasteiger partial charge in [0.15, 0.2) is 0 Å². The number of methoxy groups -OCH3 is 1. The molecule has 3 nitrogen and oxygen atoms in total. The van der Waals surface area contributed by atoms with Gasteiger partial charge < -0.3 is 14.7 Å². The van der Waals surface area contributed by atoms with Crippen LogP contribution in [-0.2, 0) is 0 Å². The molecule has 1 aliphatic heterocycles. The number of rotatable bonds is 5. The molecule has 1 aliphatic rings. The molecule has 1 heterocycles. The molecule has 0 amide bonds. The molecular weight excluding hydrogens is 238 g/mol. The number of likely N-dealkylation sites (tertiary alicyclic amines) is 1. The number of hydrogen-bond acceptors (Lipinski definition) is 3. The van der Waals surface area contributed by atoms with Crippen LogP contribution in [0.4, 0.5) is 0 Å². The van der Waals surface area contributed by atoms with Crippen LogP contribution in [0, 0.1) is 5.92 Å². The van der Waals surface area contributed by atoms with Crippen LogP contribution >= 0.6 is 0 Å². The summed E-state index contributed by atoms with van der Waals surface area (Å²) in [7, 11) is 1.65. The first kappa shape index (κ1) is 14.4. The average molecular weight is 263 g/mol. The smallest absolute Gasteiger partial charge is 0.124 e. The predicted molar refractivity (Wildman–Crippen MR) is 77.4 cm³/mol. The van der Waals surface area contributed by atoms with E-state index >= 15 is 0 Å². The number of benzene rings is 1. The molecule has 0 radical (unpaired) electrons. The topological polar surface area (TPSA) is 32.7 Å². The van der Waals surface area contributed by atoms with Crippen LogP contribution in [0.5, 0.6) is 5.75 Å². The summed E-state index contributed by atoms with van der Waals surface area (Å²) >= 11 is 0. The molecule has 1 aromatic rings. The molecule has 1 aromatic carbocycles. The zero-order chi connectivity index (χ0) is 13.7. The lowest BCUT2D eigenvalue weighted by atomic mass is 9.95. The van der Waals surface area contributed by atoms with E-state index in [4.69, 9.17) is 4.74 Å². The molecule has 0 aliphatic carbocycles. The van der Waals surface area contributed by atoms with Gasteiger partial charge in [-0.3, -0.25) is 0 Å². The van der Waals surface area contributed by atoms with E-state index in [2.05, 4.69) is 11.8 Å². The van der Waals surface area contributed by atoms with Gasteiger partial charge in [0.05, 0.1) is 13.2 Å². The normalized spacial score (nSPS) is 22.2. The summed E-state index contributed by atoms with van der Waals surface area (Å²) in [5, 5.41) is 10.4. The Morgan fingerprint density at radius 1 is 1.42 bits per heavy atom. The molecular formula is C16H25NO2. The summed E-state index contributed by atoms with van der Waals surface area (Å²) in [4.78, 5) is 2.38. The highest BCUT2D eigenvalue weighted by Gasteiger charge is 2.22. The minimum absolute atomic E-state index is 0.466. The third-order valence-electron chi connectivity index (χ3n) is 4.11. The average Bonchev–Trinajstić information content (AvgIpc) is 2.47. The Morgan fingerprint density at radius 3 is 2.95 bits per heavy atom. The van der Waals surface area contributed by atoms with E-state index in [0.717, 1.165) is 30.3 Å². The second-order valence-electron chi connectivity index (χ2n) is 5.43. The second-order valence-corrected chi connectivity index (χ2v) is 5.43. The highest BCUT2D eigenvalue weighted by atomic mass is 16.5. The van der Waals surface area contributed by atoms with E-state index in [1.807, 2.05) is 24.3 Å². The van der Waals surface area contributed by atoms with Crippen molar-refractivity contribution in [2.75, 3.05) is 26.7 Å². The van der Waals surface area contributed by atoms with Gasteiger partial charge in [0, 0.05) is 18.7 Å². The molecule has 1 fully saturated rings. The maximum Gasteiger partial charge on any atom is 0.124 e. The Labute approximate surface area is 116 Å². The number of hydrogen-bond donors (Lipinski definition) is 1. The van der Waals surface area contributed by atoms with Crippen molar-refractivity contribution in [1.29, 1.82) is 0 Å². The SMILES string of the molecule is CCC1CCCN(CC(O)c2ccccc2OC)C1. The van der Waals surface area contributed by atoms with Gasteiger partial charge in [-0.25, -0.2) is 0 Å². The van der Waals surface area contributed by atoms with E-state index in [0.29, 0.717) is 6.54 Å². The van der Waals surface area contributed by atoms with E-state index in [9.17, 15) is 5.11 Å². The Kier molecular flexibility index (Phi) is 5.23. The van der Waals surface area contributed by atoms with E-state index in [1.54, 1.807) is 7.11 Å². The molecule has 2 atom stereocenters. The number of nitrogens with zero attached hydrogens (tertiary/aromatic N) is 1. The number of para-hydroxylation sites is 1. The Morgan fingerprint density at radius 2 is 2.21 bits per heavy atom. The second kappa shape index (κ2) is 6.92. The van der Waals surface area contributed by atoms with Crippen LogP contribution in [0.15, 0.2) is 24.3 Å². The maximum absolute atomic E-state index is 10.4. The van der Waals surface area contributed by atoms with E-state index < -0.39 is 6.10 Å². The van der Waals surface area contributed by atoms with E-state index in [-0.39, 0.29) is 0 Å². The first-order valence-corrected chi connectivity index (χ1v) is 7.28. The molecule has 2 rings (SSSR count). The molecule has 0 saturated carbocycles. The fourth-order valence-electron chi connectivity index (χ4n) is 2.93. The first-order chi connectivity index (χ1) is 9.24. The van der Waals surface area contributed by atoms with Crippen molar-refractivity contribution in [3.63, 3.8) is 0 Å². The lowest BCUT2D eigenvalue weighted by molar-refractivity contribution is 0.0821. The van der Waals surface area contributed by atoms with Crippen molar-refractivity contribution in [3.8, 4) is 5.75 Å². The van der Waals surface area contributed by atoms with Crippen LogP contribution in [0.25, 0.3) is 0 Å². The van der Waals surface area contributed by atoms with Gasteiger partial charge >= 0.3 is 0 Å². The van der Waals surface area contributed by atoms with Crippen LogP contribution in [0.3, 0.4) is 0 Å². The van der Waals surface area contributed by atoms with Crippen molar-refractivity contribution < 1.29 is 9.84 Å². The summed E-state index contributed by atoms with van der Waals surface area (Å²) in [6, 6.07) is 7.74. The van der Waals surface area contributed by atoms with Crippen molar-refractivity contribution in [3.05, 3.63) is 29.8 Å². The minimum atomic E-state index is -0.466. The van der Waals surface area contributed by atoms with Crippen LogP contribution < -0.4 is 4.74 Å². The molecule has 1 saturated heterocycles. The van der Waals surface area contributed by atoms with Gasteiger partial charge in [-0.2, -0.15) is 0 Å². The third-order valence-corrected chi connectivity index (χ3v) is 4.11. The summed E-state index contributed by atoms with van der Waals surface area (Å²) < 4.78 is 5.32. The summed E-state index contributed by atoms with van der Waals surface area (Å²) in [6.45, 7) is 5.17. The molecule has 3 heteroatoms. The van der Waals surface area contributed by atoms with Gasteiger partial charge in [-0.1, -0.05) is 31.5 Å². The fourth-order valence-corrected chi connectivity index (χ4v) is 2.93. The molecule has 19 heavy (non-hydrogen) atoms. The lowest BCUT2D eigenvalue weighted by Gasteiger charge is -2.33. The third kappa shape index (κ3) is 3.71. The quantitative estimate of drug-likeness (QED) is 0.886. The van der Waals surface area contributed by atoms with Crippen molar-refractivity contribution in [1.82, 2.24) is 4.90 Å². The van der Waals surface area contributed by atoms with Crippen LogP contribution in [0.2, 0.25) is 0 Å². The summed E-state index contributed by atoms with van der Waals surface area (Å²) in [6.07, 6.45) is 3.35. The van der Waals surface area contributed by atoms with Crippen molar-refractivity contribution in [2.24, 2.45) is 5.92 Å². The predicted octanol–water partition coefficient (Wildman–Crippen LogP) is 2.85. The highest BCUT2D eigenvalue weighted by molar-refractivity contribution is 5.35. The maximum atomic E-state index is 10.4. The molecule has 0 aromatic heterocycles. The zero-order valence-electron chi connectivity index (χ0n) is 12.0. The largest absolute Gasteiger partial charge is 0.496 e. The number of aliphatic hydroxyl groups excluding tert-OH is 1. The highest BCUT2D eigenvalue weighted by Crippen LogP contribution is 2.27. The number of ether oxygens (including phenoxy) is 1. The Balaban J connectivity index is 1.98. The Hall–Kier alpha value is -1.06. The first-order valence-electron chi connectivity index (χ1n) is 7.28. The van der Waals surface area contributed by atoms with Crippen LogP contribution in [0.1, 0.15) is 37.9 Å². The number of aliphatic hydroxyl groups is 1. The van der Waals surface area contributed by atoms with Gasteiger partial charge in [0.2, 0.25) is 0 Å².